The van der Waals surface area contributed by atoms with E-state index in [0.717, 1.165) is 12.5 Å². The van der Waals surface area contributed by atoms with Gasteiger partial charge in [-0.15, -0.1) is 0 Å². The van der Waals surface area contributed by atoms with Gasteiger partial charge in [-0.1, -0.05) is 0 Å². The summed E-state index contributed by atoms with van der Waals surface area (Å²) in [5.41, 5.74) is 0.287. The molecule has 40 heavy (non-hydrogen) atoms. The molecule has 12 nitrogen and oxygen atoms in total. The van der Waals surface area contributed by atoms with Crippen LogP contribution in [-0.2, 0) is 38.2 Å². The van der Waals surface area contributed by atoms with Crippen LogP contribution in [0.4, 0.5) is 0 Å². The number of hydrogen-bond donors (Lipinski definition) is 0. The summed E-state index contributed by atoms with van der Waals surface area (Å²) < 4.78 is 63.5. The number of hydrogen-bond acceptors (Lipinski definition) is 12. The van der Waals surface area contributed by atoms with E-state index in [0.29, 0.717) is 11.5 Å². The molecule has 0 amide bonds. The number of Topliss-reactive ketones (excluding diaryl/α,β-unsaturated/α-hetero) is 4. The van der Waals surface area contributed by atoms with Crippen molar-refractivity contribution in [2.75, 3.05) is 38.9 Å². The van der Waals surface area contributed by atoms with Gasteiger partial charge < -0.3 is 9.47 Å². The van der Waals surface area contributed by atoms with Crippen molar-refractivity contribution in [2.24, 2.45) is 0 Å². The predicted octanol–water partition coefficient (Wildman–Crippen LogP) is 2.16. The monoisotopic (exact) mass is 598 g/mol. The summed E-state index contributed by atoms with van der Waals surface area (Å²) in [4.78, 5) is 48.7. The van der Waals surface area contributed by atoms with Crippen molar-refractivity contribution in [2.45, 2.75) is 25.7 Å². The van der Waals surface area contributed by atoms with Crippen molar-refractivity contribution in [1.82, 2.24) is 0 Å². The Morgan fingerprint density at radius 3 is 1.12 bits per heavy atom. The summed E-state index contributed by atoms with van der Waals surface area (Å²) in [6.45, 7) is -0.369. The standard InChI is InChI=1S/C26H30O12S2/c1-39(31,32)37-17-13-21(27)11-15-35-23-7-3-19(4-8-23)25(29)26(30)20-5-9-24(10-6-20)36-16-12-22(28)14-18-38-40(2,33)34/h3-10H,11-18H2,1-2H3. The molecule has 0 aromatic heterocycles. The second-order valence-electron chi connectivity index (χ2n) is 8.53. The van der Waals surface area contributed by atoms with Gasteiger partial charge in [0.1, 0.15) is 23.1 Å². The number of ketones is 4. The molecule has 0 heterocycles. The Bertz CT molecular complexity index is 1290. The second kappa shape index (κ2) is 15.4. The largest absolute Gasteiger partial charge is 0.493 e. The van der Waals surface area contributed by atoms with Crippen molar-refractivity contribution in [3.63, 3.8) is 0 Å². The maximum absolute atomic E-state index is 12.6. The molecular weight excluding hydrogens is 568 g/mol. The Morgan fingerprint density at radius 1 is 0.525 bits per heavy atom. The fourth-order valence-corrected chi connectivity index (χ4v) is 3.87. The molecule has 0 aliphatic carbocycles. The lowest BCUT2D eigenvalue weighted by Gasteiger charge is -2.08. The van der Waals surface area contributed by atoms with Crippen LogP contribution in [0.15, 0.2) is 48.5 Å². The third-order valence-electron chi connectivity index (χ3n) is 5.10. The first-order chi connectivity index (χ1) is 18.7. The van der Waals surface area contributed by atoms with Gasteiger partial charge in [0.05, 0.1) is 38.9 Å². The van der Waals surface area contributed by atoms with E-state index in [1.54, 1.807) is 0 Å². The maximum Gasteiger partial charge on any atom is 0.264 e. The summed E-state index contributed by atoms with van der Waals surface area (Å²) in [6, 6.07) is 11.7. The molecule has 0 saturated heterocycles. The number of rotatable bonds is 19. The number of benzene rings is 2. The highest BCUT2D eigenvalue weighted by Crippen LogP contribution is 2.17. The van der Waals surface area contributed by atoms with Crippen LogP contribution in [0.3, 0.4) is 0 Å². The van der Waals surface area contributed by atoms with Gasteiger partial charge in [0, 0.05) is 36.8 Å². The van der Waals surface area contributed by atoms with Gasteiger partial charge in [0.15, 0.2) is 0 Å². The highest BCUT2D eigenvalue weighted by Gasteiger charge is 2.18. The van der Waals surface area contributed by atoms with E-state index in [-0.39, 0.29) is 74.8 Å². The van der Waals surface area contributed by atoms with E-state index >= 15 is 0 Å². The summed E-state index contributed by atoms with van der Waals surface area (Å²) in [7, 11) is -7.20. The number of ether oxygens (including phenoxy) is 2. The Hall–Kier alpha value is -3.46. The van der Waals surface area contributed by atoms with E-state index in [1.165, 1.54) is 48.5 Å². The average molecular weight is 599 g/mol. The van der Waals surface area contributed by atoms with Crippen LogP contribution < -0.4 is 9.47 Å². The molecule has 0 atom stereocenters. The molecule has 0 spiro atoms. The molecule has 0 unspecified atom stereocenters. The maximum atomic E-state index is 12.6. The molecule has 0 aliphatic rings. The fraction of sp³-hybridized carbons (Fsp3) is 0.385. The molecule has 0 bridgehead atoms. The fourth-order valence-electron chi connectivity index (χ4n) is 3.10. The van der Waals surface area contributed by atoms with Crippen molar-refractivity contribution < 1.29 is 53.9 Å². The van der Waals surface area contributed by atoms with Crippen LogP contribution in [-0.4, -0.2) is 78.9 Å². The summed E-state index contributed by atoms with van der Waals surface area (Å²) >= 11 is 0. The lowest BCUT2D eigenvalue weighted by Crippen LogP contribution is -2.14. The molecule has 2 aromatic rings. The van der Waals surface area contributed by atoms with Gasteiger partial charge in [-0.25, -0.2) is 0 Å². The first-order valence-electron chi connectivity index (χ1n) is 12.0. The van der Waals surface area contributed by atoms with E-state index < -0.39 is 31.8 Å². The minimum atomic E-state index is -3.60. The molecule has 0 saturated carbocycles. The molecule has 218 valence electrons. The van der Waals surface area contributed by atoms with Gasteiger partial charge in [-0.3, -0.25) is 27.5 Å². The Balaban J connectivity index is 1.76. The summed E-state index contributed by atoms with van der Waals surface area (Å²) in [6.07, 6.45) is 1.75. The van der Waals surface area contributed by atoms with Crippen LogP contribution in [0.5, 0.6) is 11.5 Å². The van der Waals surface area contributed by atoms with Gasteiger partial charge >= 0.3 is 0 Å². The molecule has 0 radical (unpaired) electrons. The smallest absolute Gasteiger partial charge is 0.264 e. The molecule has 14 heteroatoms. The minimum absolute atomic E-state index is 0.0443. The number of carbonyl (C=O) groups is 4. The third kappa shape index (κ3) is 13.1. The van der Waals surface area contributed by atoms with E-state index in [1.807, 2.05) is 0 Å². The van der Waals surface area contributed by atoms with Gasteiger partial charge in [-0.2, -0.15) is 16.8 Å². The van der Waals surface area contributed by atoms with Gasteiger partial charge in [0.25, 0.3) is 20.2 Å². The molecule has 0 N–H and O–H groups in total. The topological polar surface area (TPSA) is 173 Å². The van der Waals surface area contributed by atoms with E-state index in [4.69, 9.17) is 9.47 Å². The Labute approximate surface area is 232 Å². The van der Waals surface area contributed by atoms with Crippen molar-refractivity contribution in [1.29, 1.82) is 0 Å². The second-order valence-corrected chi connectivity index (χ2v) is 11.8. The van der Waals surface area contributed by atoms with E-state index in [9.17, 15) is 36.0 Å². The zero-order chi connectivity index (χ0) is 29.8. The highest BCUT2D eigenvalue weighted by atomic mass is 32.2. The van der Waals surface area contributed by atoms with Crippen molar-refractivity contribution in [3.05, 3.63) is 59.7 Å². The Morgan fingerprint density at radius 2 is 0.825 bits per heavy atom. The predicted molar refractivity (Wildman–Crippen MR) is 143 cm³/mol. The molecule has 2 rings (SSSR count). The zero-order valence-corrected chi connectivity index (χ0v) is 23.6. The molecule has 2 aromatic carbocycles. The lowest BCUT2D eigenvalue weighted by atomic mass is 10.0. The minimum Gasteiger partial charge on any atom is -0.493 e. The van der Waals surface area contributed by atoms with Crippen molar-refractivity contribution in [3.8, 4) is 11.5 Å². The van der Waals surface area contributed by atoms with Crippen molar-refractivity contribution >= 4 is 43.4 Å². The van der Waals surface area contributed by atoms with Crippen LogP contribution in [0.2, 0.25) is 0 Å². The van der Waals surface area contributed by atoms with E-state index in [2.05, 4.69) is 8.37 Å². The quantitative estimate of drug-likeness (QED) is 0.131. The van der Waals surface area contributed by atoms with Gasteiger partial charge in [0.2, 0.25) is 11.6 Å². The highest BCUT2D eigenvalue weighted by molar-refractivity contribution is 7.86. The van der Waals surface area contributed by atoms with Crippen LogP contribution in [0, 0.1) is 0 Å². The zero-order valence-electron chi connectivity index (χ0n) is 22.0. The van der Waals surface area contributed by atoms with Gasteiger partial charge in [-0.05, 0) is 48.5 Å². The Kier molecular flexibility index (Phi) is 12.6. The average Bonchev–Trinajstić information content (AvgIpc) is 2.87. The van der Waals surface area contributed by atoms with Crippen LogP contribution in [0.25, 0.3) is 0 Å². The summed E-state index contributed by atoms with van der Waals surface area (Å²) in [5.74, 6) is -1.17. The van der Waals surface area contributed by atoms with Crippen LogP contribution in [0.1, 0.15) is 46.4 Å². The summed E-state index contributed by atoms with van der Waals surface area (Å²) in [5, 5.41) is 0. The number of carbonyl (C=O) groups excluding carboxylic acids is 4. The molecular formula is C26H30O12S2. The first-order valence-corrected chi connectivity index (χ1v) is 15.6. The molecule has 0 aliphatic heterocycles. The van der Waals surface area contributed by atoms with Crippen LogP contribution >= 0.6 is 0 Å². The molecule has 0 fully saturated rings. The third-order valence-corrected chi connectivity index (χ3v) is 6.28. The SMILES string of the molecule is CS(=O)(=O)OCCC(=O)CCOc1ccc(C(=O)C(=O)c2ccc(OCCC(=O)CCOS(C)(=O)=O)cc2)cc1. The first kappa shape index (κ1) is 32.8. The normalized spacial score (nSPS) is 11.6. The lowest BCUT2D eigenvalue weighted by molar-refractivity contribution is -0.120.